The van der Waals surface area contributed by atoms with E-state index < -0.39 is 15.9 Å². The van der Waals surface area contributed by atoms with Crippen molar-refractivity contribution in [3.8, 4) is 11.5 Å². The third-order valence-corrected chi connectivity index (χ3v) is 5.96. The van der Waals surface area contributed by atoms with Gasteiger partial charge in [0.15, 0.2) is 0 Å². The topological polar surface area (TPSA) is 63.7 Å². The van der Waals surface area contributed by atoms with Gasteiger partial charge in [-0.2, -0.15) is 0 Å². The van der Waals surface area contributed by atoms with Gasteiger partial charge >= 0.3 is 0 Å². The summed E-state index contributed by atoms with van der Waals surface area (Å²) < 4.78 is 32.2. The predicted octanol–water partition coefficient (Wildman–Crippen LogP) is 3.82. The van der Waals surface area contributed by atoms with Crippen LogP contribution >= 0.6 is 0 Å². The van der Waals surface area contributed by atoms with Gasteiger partial charge in [0.25, 0.3) is 15.9 Å². The van der Waals surface area contributed by atoms with Crippen molar-refractivity contribution in [2.45, 2.75) is 11.4 Å². The zero-order valence-electron chi connectivity index (χ0n) is 13.7. The lowest BCUT2D eigenvalue weighted by molar-refractivity contribution is 0.0864. The third kappa shape index (κ3) is 2.74. The van der Waals surface area contributed by atoms with E-state index in [-0.39, 0.29) is 17.0 Å². The fourth-order valence-electron chi connectivity index (χ4n) is 2.89. The first-order chi connectivity index (χ1) is 12.6. The molecule has 0 bridgehead atoms. The number of fused-ring (bicyclic) bond motifs is 1. The van der Waals surface area contributed by atoms with Crippen LogP contribution in [0.1, 0.15) is 15.9 Å². The second kappa shape index (κ2) is 6.31. The Balaban J connectivity index is 1.68. The molecule has 0 saturated carbocycles. The molecule has 3 aromatic carbocycles. The molecule has 1 amide bonds. The molecule has 0 saturated heterocycles. The molecule has 1 aliphatic rings. The average molecular weight is 365 g/mol. The van der Waals surface area contributed by atoms with Crippen molar-refractivity contribution in [2.24, 2.45) is 0 Å². The first kappa shape index (κ1) is 16.4. The Labute approximate surface area is 151 Å². The van der Waals surface area contributed by atoms with Crippen LogP contribution in [0.3, 0.4) is 0 Å². The maximum absolute atomic E-state index is 12.7. The SMILES string of the molecule is O=C1c2ccccc2S(=O)(=O)N1Cc1ccccc1Oc1ccccc1. The summed E-state index contributed by atoms with van der Waals surface area (Å²) in [5.74, 6) is 0.631. The zero-order chi connectivity index (χ0) is 18.1. The molecular formula is C20H15NO4S. The van der Waals surface area contributed by atoms with E-state index in [4.69, 9.17) is 4.74 Å². The summed E-state index contributed by atoms with van der Waals surface area (Å²) in [5.41, 5.74) is 0.815. The van der Waals surface area contributed by atoms with Crippen molar-refractivity contribution in [3.63, 3.8) is 0 Å². The van der Waals surface area contributed by atoms with Crippen LogP contribution < -0.4 is 4.74 Å². The lowest BCUT2D eigenvalue weighted by atomic mass is 10.1. The van der Waals surface area contributed by atoms with Crippen molar-refractivity contribution in [1.29, 1.82) is 0 Å². The number of sulfonamides is 1. The van der Waals surface area contributed by atoms with Crippen molar-refractivity contribution < 1.29 is 17.9 Å². The summed E-state index contributed by atoms with van der Waals surface area (Å²) in [6, 6.07) is 22.5. The highest BCUT2D eigenvalue weighted by Crippen LogP contribution is 2.33. The summed E-state index contributed by atoms with van der Waals surface area (Å²) in [4.78, 5) is 12.6. The fourth-order valence-corrected chi connectivity index (χ4v) is 4.44. The van der Waals surface area contributed by atoms with Crippen LogP contribution in [0.25, 0.3) is 0 Å². The van der Waals surface area contributed by atoms with Gasteiger partial charge in [-0.1, -0.05) is 48.5 Å². The number of amides is 1. The first-order valence-electron chi connectivity index (χ1n) is 8.04. The third-order valence-electron chi connectivity index (χ3n) is 4.17. The minimum absolute atomic E-state index is 0.0476. The molecule has 4 rings (SSSR count). The Bertz CT molecular complexity index is 1080. The highest BCUT2D eigenvalue weighted by atomic mass is 32.2. The quantitative estimate of drug-likeness (QED) is 0.705. The molecule has 130 valence electrons. The van der Waals surface area contributed by atoms with Gasteiger partial charge in [0.1, 0.15) is 16.4 Å². The monoisotopic (exact) mass is 365 g/mol. The van der Waals surface area contributed by atoms with E-state index in [0.717, 1.165) is 4.31 Å². The van der Waals surface area contributed by atoms with Gasteiger partial charge in [-0.05, 0) is 30.3 Å². The van der Waals surface area contributed by atoms with Gasteiger partial charge in [0.2, 0.25) is 0 Å². The molecule has 0 aromatic heterocycles. The van der Waals surface area contributed by atoms with Crippen LogP contribution in [0.15, 0.2) is 83.8 Å². The molecule has 0 aliphatic carbocycles. The number of benzene rings is 3. The number of hydrogen-bond acceptors (Lipinski definition) is 4. The standard InChI is InChI=1S/C20H15NO4S/c22-20-17-11-5-7-13-19(17)26(23,24)21(20)14-15-8-4-6-12-18(15)25-16-9-2-1-3-10-16/h1-13H,14H2. The number of hydrogen-bond donors (Lipinski definition) is 0. The van der Waals surface area contributed by atoms with E-state index in [2.05, 4.69) is 0 Å². The number of carbonyl (C=O) groups excluding carboxylic acids is 1. The highest BCUT2D eigenvalue weighted by Gasteiger charge is 2.41. The largest absolute Gasteiger partial charge is 0.457 e. The summed E-state index contributed by atoms with van der Waals surface area (Å²) >= 11 is 0. The van der Waals surface area contributed by atoms with Crippen LogP contribution in [0.2, 0.25) is 0 Å². The van der Waals surface area contributed by atoms with E-state index in [0.29, 0.717) is 17.1 Å². The maximum atomic E-state index is 12.7. The molecule has 1 aliphatic heterocycles. The van der Waals surface area contributed by atoms with E-state index in [1.54, 1.807) is 36.4 Å². The van der Waals surface area contributed by atoms with Crippen LogP contribution in [-0.2, 0) is 16.6 Å². The van der Waals surface area contributed by atoms with Gasteiger partial charge in [-0.3, -0.25) is 4.79 Å². The lowest BCUT2D eigenvalue weighted by Gasteiger charge is -2.17. The Morgan fingerprint density at radius 2 is 1.46 bits per heavy atom. The Hall–Kier alpha value is -3.12. The number of nitrogens with zero attached hydrogens (tertiary/aromatic N) is 1. The molecule has 26 heavy (non-hydrogen) atoms. The van der Waals surface area contributed by atoms with E-state index in [1.165, 1.54) is 12.1 Å². The van der Waals surface area contributed by atoms with Crippen LogP contribution in [0, 0.1) is 0 Å². The van der Waals surface area contributed by atoms with E-state index >= 15 is 0 Å². The van der Waals surface area contributed by atoms with Gasteiger partial charge in [0.05, 0.1) is 12.1 Å². The van der Waals surface area contributed by atoms with Crippen molar-refractivity contribution in [1.82, 2.24) is 4.31 Å². The number of rotatable bonds is 4. The van der Waals surface area contributed by atoms with E-state index in [1.807, 2.05) is 30.3 Å². The molecule has 0 unspecified atom stereocenters. The van der Waals surface area contributed by atoms with Gasteiger partial charge < -0.3 is 4.74 Å². The van der Waals surface area contributed by atoms with E-state index in [9.17, 15) is 13.2 Å². The van der Waals surface area contributed by atoms with Crippen LogP contribution in [0.4, 0.5) is 0 Å². The Morgan fingerprint density at radius 1 is 0.808 bits per heavy atom. The van der Waals surface area contributed by atoms with Gasteiger partial charge in [-0.25, -0.2) is 12.7 Å². The molecular weight excluding hydrogens is 350 g/mol. The van der Waals surface area contributed by atoms with Gasteiger partial charge in [-0.15, -0.1) is 0 Å². The summed E-state index contributed by atoms with van der Waals surface area (Å²) in [6.45, 7) is -0.0845. The second-order valence-corrected chi connectivity index (χ2v) is 7.67. The lowest BCUT2D eigenvalue weighted by Crippen LogP contribution is -2.29. The molecule has 6 heteroatoms. The average Bonchev–Trinajstić information content (AvgIpc) is 2.85. The molecule has 0 N–H and O–H groups in total. The molecule has 3 aromatic rings. The highest BCUT2D eigenvalue weighted by molar-refractivity contribution is 7.90. The second-order valence-electron chi connectivity index (χ2n) is 5.84. The van der Waals surface area contributed by atoms with Crippen molar-refractivity contribution in [3.05, 3.63) is 90.0 Å². The first-order valence-corrected chi connectivity index (χ1v) is 9.48. The molecule has 0 radical (unpaired) electrons. The van der Waals surface area contributed by atoms with Crippen LogP contribution in [0.5, 0.6) is 11.5 Å². The molecule has 0 fully saturated rings. The predicted molar refractivity (Wildman–Crippen MR) is 96.5 cm³/mol. The molecule has 0 spiro atoms. The summed E-state index contributed by atoms with van der Waals surface area (Å²) in [5, 5.41) is 0. The normalized spacial score (nSPS) is 14.9. The van der Waals surface area contributed by atoms with Crippen LogP contribution in [-0.4, -0.2) is 18.6 Å². The minimum atomic E-state index is -3.86. The van der Waals surface area contributed by atoms with Crippen molar-refractivity contribution >= 4 is 15.9 Å². The summed E-state index contributed by atoms with van der Waals surface area (Å²) in [7, 11) is -3.86. The smallest absolute Gasteiger partial charge is 0.269 e. The Kier molecular flexibility index (Phi) is 3.97. The number of ether oxygens (including phenoxy) is 1. The fraction of sp³-hybridized carbons (Fsp3) is 0.0500. The molecule has 5 nitrogen and oxygen atoms in total. The molecule has 0 atom stereocenters. The zero-order valence-corrected chi connectivity index (χ0v) is 14.5. The van der Waals surface area contributed by atoms with Gasteiger partial charge in [0, 0.05) is 5.56 Å². The number of para-hydroxylation sites is 2. The summed E-state index contributed by atoms with van der Waals surface area (Å²) in [6.07, 6.45) is 0. The molecule has 1 heterocycles. The van der Waals surface area contributed by atoms with Crippen molar-refractivity contribution in [2.75, 3.05) is 0 Å². The minimum Gasteiger partial charge on any atom is -0.457 e. The maximum Gasteiger partial charge on any atom is 0.269 e. The number of carbonyl (C=O) groups is 1. The Morgan fingerprint density at radius 3 is 2.23 bits per heavy atom.